The first-order valence-corrected chi connectivity index (χ1v) is 8.89. The maximum absolute atomic E-state index is 13.1. The highest BCUT2D eigenvalue weighted by Gasteiger charge is 2.26. The number of nitrogens with zero attached hydrogens (tertiary/aromatic N) is 2. The van der Waals surface area contributed by atoms with Crippen LogP contribution in [0.25, 0.3) is 0 Å². The summed E-state index contributed by atoms with van der Waals surface area (Å²) in [7, 11) is 3.12. The van der Waals surface area contributed by atoms with Crippen LogP contribution in [0.4, 0.5) is 0 Å². The highest BCUT2D eigenvalue weighted by molar-refractivity contribution is 5.98. The molecule has 1 fully saturated rings. The van der Waals surface area contributed by atoms with Gasteiger partial charge in [0.15, 0.2) is 5.76 Å². The molecule has 0 atom stereocenters. The quantitative estimate of drug-likeness (QED) is 0.825. The lowest BCUT2D eigenvalue weighted by atomic mass is 10.1. The van der Waals surface area contributed by atoms with E-state index in [2.05, 4.69) is 0 Å². The number of furan rings is 1. The number of methoxy groups -OCH3 is 2. The first kappa shape index (κ1) is 18.8. The summed E-state index contributed by atoms with van der Waals surface area (Å²) in [5, 5.41) is 0. The molecule has 0 radical (unpaired) electrons. The van der Waals surface area contributed by atoms with Crippen molar-refractivity contribution in [2.24, 2.45) is 0 Å². The molecule has 0 aliphatic carbocycles. The van der Waals surface area contributed by atoms with Crippen LogP contribution in [0.15, 0.2) is 34.9 Å². The van der Waals surface area contributed by atoms with E-state index in [0.29, 0.717) is 55.4 Å². The molecule has 3 rings (SSSR count). The fourth-order valence-corrected chi connectivity index (χ4v) is 3.27. The van der Waals surface area contributed by atoms with Gasteiger partial charge in [0, 0.05) is 26.2 Å². The fourth-order valence-electron chi connectivity index (χ4n) is 3.27. The van der Waals surface area contributed by atoms with Crippen LogP contribution in [0.2, 0.25) is 0 Å². The predicted molar refractivity (Wildman–Crippen MR) is 99.4 cm³/mol. The van der Waals surface area contributed by atoms with E-state index in [1.54, 1.807) is 48.3 Å². The number of benzene rings is 1. The highest BCUT2D eigenvalue weighted by atomic mass is 16.5. The lowest BCUT2D eigenvalue weighted by molar-refractivity contribution is 0.0698. The second-order valence-corrected chi connectivity index (χ2v) is 6.44. The van der Waals surface area contributed by atoms with Gasteiger partial charge >= 0.3 is 0 Å². The van der Waals surface area contributed by atoms with Gasteiger partial charge < -0.3 is 23.7 Å². The molecule has 1 aromatic heterocycles. The monoisotopic (exact) mass is 372 g/mol. The van der Waals surface area contributed by atoms with Crippen molar-refractivity contribution >= 4 is 11.8 Å². The maximum Gasteiger partial charge on any atom is 0.289 e. The van der Waals surface area contributed by atoms with Crippen molar-refractivity contribution in [2.45, 2.75) is 13.3 Å². The minimum Gasteiger partial charge on any atom is -0.496 e. The molecule has 0 saturated carbocycles. The number of rotatable bonds is 4. The molecule has 144 valence electrons. The molecule has 1 saturated heterocycles. The summed E-state index contributed by atoms with van der Waals surface area (Å²) in [5.74, 6) is 1.20. The molecule has 0 bridgehead atoms. The molecule has 2 aromatic rings. The summed E-state index contributed by atoms with van der Waals surface area (Å²) in [4.78, 5) is 29.0. The molecule has 2 heterocycles. The SMILES string of the molecule is COc1cc(C(=O)N2CCCN(C(=O)c3ccco3)CC2)c(OC)cc1C. The Balaban J connectivity index is 1.76. The number of aryl methyl sites for hydroxylation is 1. The van der Waals surface area contributed by atoms with E-state index < -0.39 is 0 Å². The van der Waals surface area contributed by atoms with E-state index in [1.165, 1.54) is 6.26 Å². The van der Waals surface area contributed by atoms with E-state index in [1.807, 2.05) is 6.92 Å². The summed E-state index contributed by atoms with van der Waals surface area (Å²) in [6, 6.07) is 6.86. The normalized spacial score (nSPS) is 14.6. The van der Waals surface area contributed by atoms with Crippen molar-refractivity contribution in [1.82, 2.24) is 9.80 Å². The molecule has 1 aromatic carbocycles. The fraction of sp³-hybridized carbons (Fsp3) is 0.400. The van der Waals surface area contributed by atoms with Crippen molar-refractivity contribution < 1.29 is 23.5 Å². The van der Waals surface area contributed by atoms with Gasteiger partial charge in [0.25, 0.3) is 11.8 Å². The number of ether oxygens (including phenoxy) is 2. The minimum atomic E-state index is -0.149. The number of carbonyl (C=O) groups is 2. The largest absolute Gasteiger partial charge is 0.496 e. The Morgan fingerprint density at radius 2 is 1.63 bits per heavy atom. The number of carbonyl (C=O) groups excluding carboxylic acids is 2. The van der Waals surface area contributed by atoms with Crippen LogP contribution >= 0.6 is 0 Å². The van der Waals surface area contributed by atoms with Gasteiger partial charge in [-0.1, -0.05) is 0 Å². The number of hydrogen-bond acceptors (Lipinski definition) is 5. The summed E-state index contributed by atoms with van der Waals surface area (Å²) in [6.07, 6.45) is 2.18. The molecule has 1 aliphatic heterocycles. The van der Waals surface area contributed by atoms with E-state index in [0.717, 1.165) is 5.56 Å². The second-order valence-electron chi connectivity index (χ2n) is 6.44. The smallest absolute Gasteiger partial charge is 0.289 e. The third-order valence-electron chi connectivity index (χ3n) is 4.75. The van der Waals surface area contributed by atoms with Crippen LogP contribution in [0.3, 0.4) is 0 Å². The average Bonchev–Trinajstić information content (AvgIpc) is 3.11. The summed E-state index contributed by atoms with van der Waals surface area (Å²) < 4.78 is 15.9. The van der Waals surface area contributed by atoms with E-state index in [9.17, 15) is 9.59 Å². The highest BCUT2D eigenvalue weighted by Crippen LogP contribution is 2.29. The van der Waals surface area contributed by atoms with Crippen molar-refractivity contribution in [2.75, 3.05) is 40.4 Å². The van der Waals surface area contributed by atoms with Crippen molar-refractivity contribution in [1.29, 1.82) is 0 Å². The molecule has 0 unspecified atom stereocenters. The Kier molecular flexibility index (Phi) is 5.69. The molecule has 0 N–H and O–H groups in total. The Hall–Kier alpha value is -2.96. The van der Waals surface area contributed by atoms with Gasteiger partial charge in [-0.15, -0.1) is 0 Å². The van der Waals surface area contributed by atoms with Crippen LogP contribution in [-0.2, 0) is 0 Å². The number of amides is 2. The van der Waals surface area contributed by atoms with Crippen LogP contribution < -0.4 is 9.47 Å². The van der Waals surface area contributed by atoms with Gasteiger partial charge in [-0.05, 0) is 43.2 Å². The summed E-state index contributed by atoms with van der Waals surface area (Å²) >= 11 is 0. The Morgan fingerprint density at radius 1 is 0.963 bits per heavy atom. The predicted octanol–water partition coefficient (Wildman–Crippen LogP) is 2.59. The standard InChI is InChI=1S/C20H24N2O5/c1-14-12-18(26-3)15(13-17(14)25-2)19(23)21-7-5-8-22(10-9-21)20(24)16-6-4-11-27-16/h4,6,11-13H,5,7-10H2,1-3H3. The zero-order valence-corrected chi connectivity index (χ0v) is 15.9. The van der Waals surface area contributed by atoms with E-state index in [-0.39, 0.29) is 11.8 Å². The summed E-state index contributed by atoms with van der Waals surface area (Å²) in [6.45, 7) is 3.96. The van der Waals surface area contributed by atoms with Gasteiger partial charge in [0.1, 0.15) is 11.5 Å². The van der Waals surface area contributed by atoms with Crippen molar-refractivity contribution in [3.8, 4) is 11.5 Å². The molecule has 27 heavy (non-hydrogen) atoms. The molecular weight excluding hydrogens is 348 g/mol. The van der Waals surface area contributed by atoms with Gasteiger partial charge in [-0.2, -0.15) is 0 Å². The first-order valence-electron chi connectivity index (χ1n) is 8.89. The second kappa shape index (κ2) is 8.16. The van der Waals surface area contributed by atoms with Crippen molar-refractivity contribution in [3.63, 3.8) is 0 Å². The molecule has 2 amide bonds. The topological polar surface area (TPSA) is 72.2 Å². The molecule has 1 aliphatic rings. The number of hydrogen-bond donors (Lipinski definition) is 0. The lowest BCUT2D eigenvalue weighted by Crippen LogP contribution is -2.37. The molecule has 0 spiro atoms. The summed E-state index contributed by atoms with van der Waals surface area (Å²) in [5.41, 5.74) is 1.36. The Morgan fingerprint density at radius 3 is 2.22 bits per heavy atom. The first-order chi connectivity index (χ1) is 13.0. The molecule has 7 heteroatoms. The average molecular weight is 372 g/mol. The van der Waals surface area contributed by atoms with Crippen LogP contribution in [0.1, 0.15) is 32.9 Å². The van der Waals surface area contributed by atoms with E-state index in [4.69, 9.17) is 13.9 Å². The zero-order chi connectivity index (χ0) is 19.4. The Bertz CT molecular complexity index is 816. The van der Waals surface area contributed by atoms with Crippen LogP contribution in [-0.4, -0.2) is 62.0 Å². The van der Waals surface area contributed by atoms with Gasteiger partial charge in [-0.3, -0.25) is 9.59 Å². The van der Waals surface area contributed by atoms with E-state index >= 15 is 0 Å². The molecule has 7 nitrogen and oxygen atoms in total. The maximum atomic E-state index is 13.1. The zero-order valence-electron chi connectivity index (χ0n) is 15.9. The van der Waals surface area contributed by atoms with Crippen LogP contribution in [0, 0.1) is 6.92 Å². The molecular formula is C20H24N2O5. The van der Waals surface area contributed by atoms with Crippen molar-refractivity contribution in [3.05, 3.63) is 47.4 Å². The minimum absolute atomic E-state index is 0.127. The third-order valence-corrected chi connectivity index (χ3v) is 4.75. The van der Waals surface area contributed by atoms with Crippen LogP contribution in [0.5, 0.6) is 11.5 Å². The third kappa shape index (κ3) is 3.92. The van der Waals surface area contributed by atoms with Gasteiger partial charge in [0.2, 0.25) is 0 Å². The lowest BCUT2D eigenvalue weighted by Gasteiger charge is -2.23. The Labute approximate surface area is 158 Å². The van der Waals surface area contributed by atoms with Gasteiger partial charge in [0.05, 0.1) is 26.0 Å². The van der Waals surface area contributed by atoms with Gasteiger partial charge in [-0.25, -0.2) is 0 Å².